The Morgan fingerprint density at radius 2 is 1.85 bits per heavy atom. The first-order valence-corrected chi connectivity index (χ1v) is 4.63. The van der Waals surface area contributed by atoms with Crippen molar-refractivity contribution in [3.8, 4) is 5.75 Å². The first-order valence-electron chi connectivity index (χ1n) is 3.84. The van der Waals surface area contributed by atoms with Gasteiger partial charge in [0.15, 0.2) is 0 Å². The molecule has 0 saturated heterocycles. The molecule has 0 bridgehead atoms. The molecule has 0 unspecified atom stereocenters. The third-order valence-electron chi connectivity index (χ3n) is 1.49. The summed E-state index contributed by atoms with van der Waals surface area (Å²) in [5.41, 5.74) is -0.0732. The third-order valence-corrected chi connectivity index (χ3v) is 1.95. The molecule has 0 heterocycles. The summed E-state index contributed by atoms with van der Waals surface area (Å²) in [6.07, 6.45) is 0. The molecule has 72 valence electrons. The lowest BCUT2D eigenvalue weighted by molar-refractivity contribution is 0.114. The van der Waals surface area contributed by atoms with E-state index in [1.165, 1.54) is 24.3 Å². The standard InChI is InChI=1S/C9H9BrF2O/c1-2-13-8-5-3-7(4-6-8)9(10,11)12/h3-6H,2H2,1H3. The topological polar surface area (TPSA) is 9.23 Å². The molecule has 0 aliphatic carbocycles. The molecule has 0 atom stereocenters. The van der Waals surface area contributed by atoms with E-state index < -0.39 is 4.83 Å². The molecule has 0 spiro atoms. The van der Waals surface area contributed by atoms with Crippen LogP contribution in [-0.4, -0.2) is 6.61 Å². The van der Waals surface area contributed by atoms with E-state index in [2.05, 4.69) is 15.9 Å². The van der Waals surface area contributed by atoms with Crippen LogP contribution in [0.2, 0.25) is 0 Å². The van der Waals surface area contributed by atoms with E-state index in [0.29, 0.717) is 12.4 Å². The van der Waals surface area contributed by atoms with Gasteiger partial charge in [0.05, 0.1) is 6.61 Å². The minimum atomic E-state index is -2.96. The second-order valence-corrected chi connectivity index (χ2v) is 3.45. The van der Waals surface area contributed by atoms with Gasteiger partial charge in [-0.15, -0.1) is 0 Å². The fourth-order valence-corrected chi connectivity index (χ4v) is 1.17. The molecule has 1 rings (SSSR count). The van der Waals surface area contributed by atoms with Gasteiger partial charge >= 0.3 is 4.83 Å². The average Bonchev–Trinajstić information content (AvgIpc) is 2.04. The van der Waals surface area contributed by atoms with Crippen LogP contribution in [0.4, 0.5) is 8.78 Å². The minimum absolute atomic E-state index is 0.0732. The van der Waals surface area contributed by atoms with Crippen molar-refractivity contribution in [2.45, 2.75) is 11.8 Å². The SMILES string of the molecule is CCOc1ccc(C(F)(F)Br)cc1. The van der Waals surface area contributed by atoms with E-state index >= 15 is 0 Å². The molecule has 0 aliphatic heterocycles. The van der Waals surface area contributed by atoms with Crippen molar-refractivity contribution in [2.75, 3.05) is 6.61 Å². The van der Waals surface area contributed by atoms with E-state index in [1.54, 1.807) is 0 Å². The summed E-state index contributed by atoms with van der Waals surface area (Å²) in [5, 5.41) is 0. The third kappa shape index (κ3) is 2.95. The molecular formula is C9H9BrF2O. The predicted octanol–water partition coefficient (Wildman–Crippen LogP) is 3.53. The molecule has 13 heavy (non-hydrogen) atoms. The van der Waals surface area contributed by atoms with Gasteiger partial charge in [0.2, 0.25) is 0 Å². The number of hydrogen-bond acceptors (Lipinski definition) is 1. The highest BCUT2D eigenvalue weighted by molar-refractivity contribution is 9.09. The van der Waals surface area contributed by atoms with Crippen LogP contribution in [0.1, 0.15) is 12.5 Å². The van der Waals surface area contributed by atoms with E-state index in [9.17, 15) is 8.78 Å². The quantitative estimate of drug-likeness (QED) is 0.746. The van der Waals surface area contributed by atoms with Crippen molar-refractivity contribution < 1.29 is 13.5 Å². The molecule has 1 nitrogen and oxygen atoms in total. The van der Waals surface area contributed by atoms with Gasteiger partial charge in [-0.1, -0.05) is 0 Å². The Bertz CT molecular complexity index is 266. The summed E-state index contributed by atoms with van der Waals surface area (Å²) in [4.78, 5) is -2.96. The minimum Gasteiger partial charge on any atom is -0.494 e. The van der Waals surface area contributed by atoms with Crippen LogP contribution in [0.3, 0.4) is 0 Å². The maximum absolute atomic E-state index is 12.6. The van der Waals surface area contributed by atoms with Gasteiger partial charge in [0, 0.05) is 5.56 Å². The zero-order chi connectivity index (χ0) is 9.90. The highest BCUT2D eigenvalue weighted by Crippen LogP contribution is 2.34. The smallest absolute Gasteiger partial charge is 0.326 e. The Morgan fingerprint density at radius 1 is 1.31 bits per heavy atom. The zero-order valence-corrected chi connectivity index (χ0v) is 8.64. The van der Waals surface area contributed by atoms with Gasteiger partial charge in [0.1, 0.15) is 5.75 Å². The van der Waals surface area contributed by atoms with Crippen molar-refractivity contribution in [3.05, 3.63) is 29.8 Å². The largest absolute Gasteiger partial charge is 0.494 e. The molecule has 0 saturated carbocycles. The number of hydrogen-bond donors (Lipinski definition) is 0. The molecule has 0 N–H and O–H groups in total. The highest BCUT2D eigenvalue weighted by atomic mass is 79.9. The average molecular weight is 251 g/mol. The summed E-state index contributed by atoms with van der Waals surface area (Å²) in [5.74, 6) is 0.600. The fourth-order valence-electron chi connectivity index (χ4n) is 0.907. The van der Waals surface area contributed by atoms with Gasteiger partial charge < -0.3 is 4.74 Å². The second-order valence-electron chi connectivity index (χ2n) is 2.46. The van der Waals surface area contributed by atoms with Crippen molar-refractivity contribution >= 4 is 15.9 Å². The summed E-state index contributed by atoms with van der Waals surface area (Å²) in [6.45, 7) is 2.37. The Labute approximate surface area is 83.8 Å². The van der Waals surface area contributed by atoms with Crippen LogP contribution in [0.5, 0.6) is 5.75 Å². The van der Waals surface area contributed by atoms with E-state index in [1.807, 2.05) is 6.92 Å². The molecule has 0 radical (unpaired) electrons. The van der Waals surface area contributed by atoms with Gasteiger partial charge in [-0.05, 0) is 47.1 Å². The van der Waals surface area contributed by atoms with Crippen LogP contribution >= 0.6 is 15.9 Å². The summed E-state index contributed by atoms with van der Waals surface area (Å²) in [6, 6.07) is 5.71. The lowest BCUT2D eigenvalue weighted by Gasteiger charge is -2.09. The maximum atomic E-state index is 12.6. The molecule has 0 fully saturated rings. The maximum Gasteiger partial charge on any atom is 0.326 e. The van der Waals surface area contributed by atoms with Crippen molar-refractivity contribution in [3.63, 3.8) is 0 Å². The van der Waals surface area contributed by atoms with Gasteiger partial charge in [-0.2, -0.15) is 8.78 Å². The molecule has 1 aromatic carbocycles. The lowest BCUT2D eigenvalue weighted by atomic mass is 10.2. The Morgan fingerprint density at radius 3 is 2.23 bits per heavy atom. The van der Waals surface area contributed by atoms with Crippen molar-refractivity contribution in [1.29, 1.82) is 0 Å². The molecule has 0 amide bonds. The van der Waals surface area contributed by atoms with Crippen LogP contribution in [-0.2, 0) is 4.83 Å². The fraction of sp³-hybridized carbons (Fsp3) is 0.333. The molecule has 4 heteroatoms. The van der Waals surface area contributed by atoms with E-state index in [0.717, 1.165) is 0 Å². The summed E-state index contributed by atoms with van der Waals surface area (Å²) >= 11 is 2.28. The monoisotopic (exact) mass is 250 g/mol. The number of halogens is 3. The zero-order valence-electron chi connectivity index (χ0n) is 7.06. The molecule has 1 aromatic rings. The van der Waals surface area contributed by atoms with Crippen molar-refractivity contribution in [1.82, 2.24) is 0 Å². The molecule has 0 aromatic heterocycles. The van der Waals surface area contributed by atoms with Gasteiger partial charge in [0.25, 0.3) is 0 Å². The number of benzene rings is 1. The summed E-state index contributed by atoms with van der Waals surface area (Å²) in [7, 11) is 0. The predicted molar refractivity (Wildman–Crippen MR) is 50.4 cm³/mol. The van der Waals surface area contributed by atoms with E-state index in [4.69, 9.17) is 4.74 Å². The van der Waals surface area contributed by atoms with Crippen molar-refractivity contribution in [2.24, 2.45) is 0 Å². The van der Waals surface area contributed by atoms with Gasteiger partial charge in [-0.3, -0.25) is 0 Å². The first kappa shape index (κ1) is 10.4. The normalized spacial score (nSPS) is 11.4. The number of alkyl halides is 3. The summed E-state index contributed by atoms with van der Waals surface area (Å²) < 4.78 is 30.4. The molecule has 0 aliphatic rings. The Kier molecular flexibility index (Phi) is 3.25. The van der Waals surface area contributed by atoms with Crippen LogP contribution < -0.4 is 4.74 Å². The Hall–Kier alpha value is -0.640. The molecular weight excluding hydrogens is 242 g/mol. The first-order chi connectivity index (χ1) is 6.04. The van der Waals surface area contributed by atoms with Crippen LogP contribution in [0, 0.1) is 0 Å². The van der Waals surface area contributed by atoms with Gasteiger partial charge in [-0.25, -0.2) is 0 Å². The second kappa shape index (κ2) is 4.05. The Balaban J connectivity index is 2.81. The lowest BCUT2D eigenvalue weighted by Crippen LogP contribution is -2.02. The number of rotatable bonds is 3. The highest BCUT2D eigenvalue weighted by Gasteiger charge is 2.26. The van der Waals surface area contributed by atoms with E-state index in [-0.39, 0.29) is 5.56 Å². The van der Waals surface area contributed by atoms with Crippen LogP contribution in [0.25, 0.3) is 0 Å². The van der Waals surface area contributed by atoms with Crippen LogP contribution in [0.15, 0.2) is 24.3 Å². The number of ether oxygens (including phenoxy) is 1.